The third-order valence-electron chi connectivity index (χ3n) is 3.54. The highest BCUT2D eigenvalue weighted by molar-refractivity contribution is 5.66. The fourth-order valence-electron chi connectivity index (χ4n) is 2.40. The minimum atomic E-state index is -0.780. The molecule has 0 aromatic heterocycles. The Labute approximate surface area is 130 Å². The lowest BCUT2D eigenvalue weighted by Crippen LogP contribution is -2.31. The number of hydrogen-bond acceptors (Lipinski definition) is 3. The fourth-order valence-corrected chi connectivity index (χ4v) is 2.40. The standard InChI is InChI=1S/C18H21NO3/c20-17-8-4-7-15(12-17)13-19-16(9-10-18(21)22)11-14-5-2-1-3-6-14/h1-8,12,16,19-20H,9-11,13H2,(H,21,22). The summed E-state index contributed by atoms with van der Waals surface area (Å²) in [6.45, 7) is 0.603. The first-order valence-electron chi connectivity index (χ1n) is 7.40. The van der Waals surface area contributed by atoms with Crippen molar-refractivity contribution >= 4 is 5.97 Å². The van der Waals surface area contributed by atoms with Gasteiger partial charge in [-0.05, 0) is 36.1 Å². The third kappa shape index (κ3) is 5.58. The number of phenols is 1. The number of aliphatic carboxylic acids is 1. The number of hydrogen-bond donors (Lipinski definition) is 3. The molecule has 22 heavy (non-hydrogen) atoms. The van der Waals surface area contributed by atoms with Crippen molar-refractivity contribution in [1.29, 1.82) is 0 Å². The van der Waals surface area contributed by atoms with Crippen LogP contribution >= 0.6 is 0 Å². The molecule has 0 aliphatic carbocycles. The molecule has 0 bridgehead atoms. The Balaban J connectivity index is 1.96. The number of carboxylic acid groups (broad SMARTS) is 1. The van der Waals surface area contributed by atoms with Crippen molar-refractivity contribution in [3.8, 4) is 5.75 Å². The van der Waals surface area contributed by atoms with E-state index < -0.39 is 5.97 Å². The van der Waals surface area contributed by atoms with Crippen molar-refractivity contribution in [1.82, 2.24) is 5.32 Å². The van der Waals surface area contributed by atoms with Crippen LogP contribution in [0.3, 0.4) is 0 Å². The average molecular weight is 299 g/mol. The molecule has 2 rings (SSSR count). The maximum atomic E-state index is 10.8. The lowest BCUT2D eigenvalue weighted by molar-refractivity contribution is -0.137. The number of phenolic OH excluding ortho intramolecular Hbond substituents is 1. The maximum Gasteiger partial charge on any atom is 0.303 e. The van der Waals surface area contributed by atoms with Gasteiger partial charge in [0.2, 0.25) is 0 Å². The van der Waals surface area contributed by atoms with Crippen molar-refractivity contribution < 1.29 is 15.0 Å². The van der Waals surface area contributed by atoms with Gasteiger partial charge in [0.25, 0.3) is 0 Å². The fraction of sp³-hybridized carbons (Fsp3) is 0.278. The summed E-state index contributed by atoms with van der Waals surface area (Å²) in [5.74, 6) is -0.540. The topological polar surface area (TPSA) is 69.6 Å². The van der Waals surface area contributed by atoms with Crippen molar-refractivity contribution in [2.75, 3.05) is 0 Å². The van der Waals surface area contributed by atoms with Crippen LogP contribution in [-0.4, -0.2) is 22.2 Å². The Morgan fingerprint density at radius 1 is 1.05 bits per heavy atom. The van der Waals surface area contributed by atoms with E-state index >= 15 is 0 Å². The summed E-state index contributed by atoms with van der Waals surface area (Å²) in [7, 11) is 0. The molecular formula is C18H21NO3. The maximum absolute atomic E-state index is 10.8. The number of carboxylic acids is 1. The van der Waals surface area contributed by atoms with Crippen LogP contribution in [0.5, 0.6) is 5.75 Å². The van der Waals surface area contributed by atoms with Gasteiger partial charge in [0.15, 0.2) is 0 Å². The lowest BCUT2D eigenvalue weighted by atomic mass is 10.0. The number of benzene rings is 2. The normalized spacial score (nSPS) is 12.0. The number of nitrogens with one attached hydrogen (secondary N) is 1. The summed E-state index contributed by atoms with van der Waals surface area (Å²) < 4.78 is 0. The molecule has 0 amide bonds. The van der Waals surface area contributed by atoms with E-state index in [1.807, 2.05) is 36.4 Å². The molecule has 0 aliphatic heterocycles. The molecule has 1 unspecified atom stereocenters. The zero-order valence-corrected chi connectivity index (χ0v) is 12.4. The van der Waals surface area contributed by atoms with Crippen LogP contribution in [0.1, 0.15) is 24.0 Å². The van der Waals surface area contributed by atoms with Crippen LogP contribution in [0.15, 0.2) is 54.6 Å². The molecule has 0 spiro atoms. The molecule has 3 N–H and O–H groups in total. The zero-order chi connectivity index (χ0) is 15.8. The Hall–Kier alpha value is -2.33. The molecule has 4 heteroatoms. The van der Waals surface area contributed by atoms with Crippen LogP contribution in [0.25, 0.3) is 0 Å². The van der Waals surface area contributed by atoms with Crippen LogP contribution in [0.4, 0.5) is 0 Å². The van der Waals surface area contributed by atoms with Gasteiger partial charge in [-0.1, -0.05) is 42.5 Å². The predicted molar refractivity (Wildman–Crippen MR) is 85.8 cm³/mol. The van der Waals surface area contributed by atoms with E-state index in [1.165, 1.54) is 5.56 Å². The molecule has 0 heterocycles. The Morgan fingerprint density at radius 2 is 1.77 bits per heavy atom. The molecule has 4 nitrogen and oxygen atoms in total. The van der Waals surface area contributed by atoms with Gasteiger partial charge >= 0.3 is 5.97 Å². The summed E-state index contributed by atoms with van der Waals surface area (Å²) in [4.78, 5) is 10.8. The predicted octanol–water partition coefficient (Wildman–Crippen LogP) is 2.96. The highest BCUT2D eigenvalue weighted by atomic mass is 16.4. The van der Waals surface area contributed by atoms with Gasteiger partial charge in [-0.25, -0.2) is 0 Å². The van der Waals surface area contributed by atoms with Gasteiger partial charge in [0, 0.05) is 19.0 Å². The van der Waals surface area contributed by atoms with Gasteiger partial charge in [0.05, 0.1) is 0 Å². The second kappa shape index (κ2) is 8.20. The van der Waals surface area contributed by atoms with Gasteiger partial charge in [0.1, 0.15) is 5.75 Å². The van der Waals surface area contributed by atoms with E-state index in [0.29, 0.717) is 13.0 Å². The molecule has 0 saturated carbocycles. The van der Waals surface area contributed by atoms with E-state index in [9.17, 15) is 9.90 Å². The highest BCUT2D eigenvalue weighted by Crippen LogP contribution is 2.12. The van der Waals surface area contributed by atoms with E-state index in [0.717, 1.165) is 12.0 Å². The lowest BCUT2D eigenvalue weighted by Gasteiger charge is -2.18. The van der Waals surface area contributed by atoms with E-state index in [1.54, 1.807) is 18.2 Å². The zero-order valence-electron chi connectivity index (χ0n) is 12.4. The van der Waals surface area contributed by atoms with E-state index in [4.69, 9.17) is 5.11 Å². The van der Waals surface area contributed by atoms with Crippen molar-refractivity contribution in [2.45, 2.75) is 31.8 Å². The quantitative estimate of drug-likeness (QED) is 0.701. The van der Waals surface area contributed by atoms with Crippen LogP contribution < -0.4 is 5.32 Å². The van der Waals surface area contributed by atoms with Gasteiger partial charge in [-0.3, -0.25) is 4.79 Å². The Bertz CT molecular complexity index is 598. The summed E-state index contributed by atoms with van der Waals surface area (Å²) in [5, 5.41) is 21.8. The van der Waals surface area contributed by atoms with Crippen LogP contribution in [0.2, 0.25) is 0 Å². The number of aromatic hydroxyl groups is 1. The van der Waals surface area contributed by atoms with Gasteiger partial charge < -0.3 is 15.5 Å². The first kappa shape index (κ1) is 16.0. The SMILES string of the molecule is O=C(O)CCC(Cc1ccccc1)NCc1cccc(O)c1. The monoisotopic (exact) mass is 299 g/mol. The molecule has 2 aromatic rings. The van der Waals surface area contributed by atoms with Gasteiger partial charge in [-0.2, -0.15) is 0 Å². The smallest absolute Gasteiger partial charge is 0.303 e. The second-order valence-corrected chi connectivity index (χ2v) is 5.37. The largest absolute Gasteiger partial charge is 0.508 e. The summed E-state index contributed by atoms with van der Waals surface area (Å²) in [6.07, 6.45) is 1.50. The number of rotatable bonds is 8. The summed E-state index contributed by atoms with van der Waals surface area (Å²) in [6, 6.07) is 17.2. The molecule has 2 aromatic carbocycles. The molecule has 0 fully saturated rings. The second-order valence-electron chi connectivity index (χ2n) is 5.37. The van der Waals surface area contributed by atoms with Crippen molar-refractivity contribution in [3.63, 3.8) is 0 Å². The molecule has 0 aliphatic rings. The van der Waals surface area contributed by atoms with Crippen LogP contribution in [-0.2, 0) is 17.8 Å². The molecule has 1 atom stereocenters. The van der Waals surface area contributed by atoms with E-state index in [-0.39, 0.29) is 18.2 Å². The first-order valence-corrected chi connectivity index (χ1v) is 7.40. The minimum Gasteiger partial charge on any atom is -0.508 e. The summed E-state index contributed by atoms with van der Waals surface area (Å²) in [5.41, 5.74) is 2.16. The molecule has 0 radical (unpaired) electrons. The highest BCUT2D eigenvalue weighted by Gasteiger charge is 2.11. The van der Waals surface area contributed by atoms with Crippen molar-refractivity contribution in [3.05, 3.63) is 65.7 Å². The average Bonchev–Trinajstić information content (AvgIpc) is 2.51. The Morgan fingerprint density at radius 3 is 2.45 bits per heavy atom. The van der Waals surface area contributed by atoms with E-state index in [2.05, 4.69) is 5.32 Å². The Kier molecular flexibility index (Phi) is 5.98. The molecular weight excluding hydrogens is 278 g/mol. The number of carbonyl (C=O) groups is 1. The van der Waals surface area contributed by atoms with Gasteiger partial charge in [-0.15, -0.1) is 0 Å². The third-order valence-corrected chi connectivity index (χ3v) is 3.54. The van der Waals surface area contributed by atoms with Crippen LogP contribution in [0, 0.1) is 0 Å². The minimum absolute atomic E-state index is 0.0841. The first-order chi connectivity index (χ1) is 10.6. The molecule has 0 saturated heterocycles. The van der Waals surface area contributed by atoms with Crippen molar-refractivity contribution in [2.24, 2.45) is 0 Å². The summed E-state index contributed by atoms with van der Waals surface area (Å²) >= 11 is 0. The molecule has 116 valence electrons.